The topological polar surface area (TPSA) is 74.3 Å². The van der Waals surface area contributed by atoms with Gasteiger partial charge in [0.2, 0.25) is 5.91 Å². The zero-order chi connectivity index (χ0) is 21.8. The van der Waals surface area contributed by atoms with E-state index in [9.17, 15) is 14.0 Å². The summed E-state index contributed by atoms with van der Waals surface area (Å²) >= 11 is 1.36. The number of carbonyl (C=O) groups excluding carboxylic acids is 2. The van der Waals surface area contributed by atoms with Crippen molar-refractivity contribution in [2.75, 3.05) is 18.4 Å². The molecule has 2 N–H and O–H groups in total. The molecule has 31 heavy (non-hydrogen) atoms. The average Bonchev–Trinajstić information content (AvgIpc) is 3.09. The van der Waals surface area contributed by atoms with Crippen LogP contribution in [0.25, 0.3) is 0 Å². The van der Waals surface area contributed by atoms with E-state index in [1.165, 1.54) is 17.4 Å². The molecule has 0 spiro atoms. The number of hydrogen-bond acceptors (Lipinski definition) is 4. The monoisotopic (exact) mass is 438 g/mol. The highest BCUT2D eigenvalue weighted by Gasteiger charge is 2.30. The van der Waals surface area contributed by atoms with E-state index in [2.05, 4.69) is 15.6 Å². The van der Waals surface area contributed by atoms with Gasteiger partial charge in [-0.2, -0.15) is 0 Å². The van der Waals surface area contributed by atoms with E-state index in [1.807, 2.05) is 36.4 Å². The van der Waals surface area contributed by atoms with Gasteiger partial charge in [-0.25, -0.2) is 14.2 Å². The molecule has 0 unspecified atom stereocenters. The Bertz CT molecular complexity index is 1090. The number of amides is 3. The zero-order valence-electron chi connectivity index (χ0n) is 17.1. The van der Waals surface area contributed by atoms with E-state index in [0.717, 1.165) is 16.0 Å². The number of benzene rings is 2. The largest absolute Gasteiger partial charge is 0.354 e. The van der Waals surface area contributed by atoms with Crippen LogP contribution in [0.15, 0.2) is 54.7 Å². The van der Waals surface area contributed by atoms with Gasteiger partial charge >= 0.3 is 6.03 Å². The number of aromatic nitrogens is 1. The van der Waals surface area contributed by atoms with Gasteiger partial charge in [0.1, 0.15) is 5.82 Å². The normalized spacial score (nSPS) is 16.5. The molecular weight excluding hydrogens is 415 g/mol. The molecule has 0 aliphatic carbocycles. The van der Waals surface area contributed by atoms with Crippen LogP contribution in [0.5, 0.6) is 0 Å². The summed E-state index contributed by atoms with van der Waals surface area (Å²) in [6.45, 7) is 2.53. The van der Waals surface area contributed by atoms with Crippen LogP contribution in [0, 0.1) is 12.7 Å². The van der Waals surface area contributed by atoms with Crippen molar-refractivity contribution in [1.82, 2.24) is 15.2 Å². The Balaban J connectivity index is 1.47. The minimum Gasteiger partial charge on any atom is -0.354 e. The van der Waals surface area contributed by atoms with Crippen LogP contribution in [0.1, 0.15) is 34.0 Å². The highest BCUT2D eigenvalue weighted by molar-refractivity contribution is 7.15. The Hall–Kier alpha value is -3.26. The van der Waals surface area contributed by atoms with E-state index in [1.54, 1.807) is 24.1 Å². The molecule has 1 saturated heterocycles. The van der Waals surface area contributed by atoms with Crippen LogP contribution in [-0.4, -0.2) is 34.9 Å². The van der Waals surface area contributed by atoms with Crippen molar-refractivity contribution >= 4 is 28.4 Å². The van der Waals surface area contributed by atoms with Crippen LogP contribution in [0.3, 0.4) is 0 Å². The molecule has 0 bridgehead atoms. The second-order valence-corrected chi connectivity index (χ2v) is 8.61. The molecule has 4 rings (SSSR count). The molecule has 1 atom stereocenters. The Morgan fingerprint density at radius 2 is 2.10 bits per heavy atom. The number of anilines is 1. The summed E-state index contributed by atoms with van der Waals surface area (Å²) in [5, 5.41) is 6.17. The Morgan fingerprint density at radius 1 is 1.29 bits per heavy atom. The van der Waals surface area contributed by atoms with Crippen LogP contribution in [0.2, 0.25) is 0 Å². The third-order valence-electron chi connectivity index (χ3n) is 5.26. The van der Waals surface area contributed by atoms with Crippen molar-refractivity contribution < 1.29 is 14.0 Å². The first kappa shape index (κ1) is 21.0. The molecule has 1 aliphatic rings. The second-order valence-electron chi connectivity index (χ2n) is 7.50. The lowest BCUT2D eigenvalue weighted by Gasteiger charge is -2.29. The molecule has 2 heterocycles. The van der Waals surface area contributed by atoms with Gasteiger partial charge in [-0.1, -0.05) is 42.5 Å². The fourth-order valence-corrected chi connectivity index (χ4v) is 4.44. The van der Waals surface area contributed by atoms with Gasteiger partial charge in [-0.3, -0.25) is 10.1 Å². The van der Waals surface area contributed by atoms with Crippen LogP contribution in [-0.2, 0) is 11.2 Å². The predicted molar refractivity (Wildman–Crippen MR) is 119 cm³/mol. The first-order chi connectivity index (χ1) is 15.0. The molecule has 3 aromatic rings. The van der Waals surface area contributed by atoms with Crippen LogP contribution < -0.4 is 10.6 Å². The molecule has 1 aliphatic heterocycles. The van der Waals surface area contributed by atoms with Crippen molar-refractivity contribution in [3.05, 3.63) is 82.1 Å². The van der Waals surface area contributed by atoms with E-state index in [-0.39, 0.29) is 30.2 Å². The van der Waals surface area contributed by atoms with Gasteiger partial charge in [0, 0.05) is 30.6 Å². The van der Waals surface area contributed by atoms with E-state index in [0.29, 0.717) is 30.2 Å². The molecular formula is C23H23FN4O2S. The number of carbonyl (C=O) groups is 2. The van der Waals surface area contributed by atoms with Crippen molar-refractivity contribution in [3.63, 3.8) is 0 Å². The minimum absolute atomic E-state index is 0.0778. The number of thiazole rings is 1. The molecule has 1 aromatic heterocycles. The molecule has 1 fully saturated rings. The van der Waals surface area contributed by atoms with Crippen molar-refractivity contribution in [3.8, 4) is 0 Å². The van der Waals surface area contributed by atoms with Gasteiger partial charge in [-0.15, -0.1) is 11.3 Å². The highest BCUT2D eigenvalue weighted by Crippen LogP contribution is 2.28. The fourth-order valence-electron chi connectivity index (χ4n) is 3.60. The van der Waals surface area contributed by atoms with E-state index in [4.69, 9.17) is 0 Å². The first-order valence-electron chi connectivity index (χ1n) is 10.1. The van der Waals surface area contributed by atoms with E-state index >= 15 is 0 Å². The molecule has 2 aromatic carbocycles. The number of rotatable bonds is 4. The smallest absolute Gasteiger partial charge is 0.324 e. The SMILES string of the molecule is Cc1ccc(Cc2cnc(NC(=O)N3CCNC(=O)C[C@@H]3c3ccccc3)s2)cc1F. The quantitative estimate of drug-likeness (QED) is 0.639. The molecule has 8 heteroatoms. The second kappa shape index (κ2) is 9.26. The standard InChI is InChI=1S/C23H23FN4O2S/c1-15-7-8-16(12-19(15)24)11-18-14-26-22(31-18)27-23(30)28-10-9-25-21(29)13-20(28)17-5-3-2-4-6-17/h2-8,12,14,20H,9-11,13H2,1H3,(H,25,29)(H,26,27,30)/t20-/m1/s1. The summed E-state index contributed by atoms with van der Waals surface area (Å²) in [7, 11) is 0. The van der Waals surface area contributed by atoms with Gasteiger partial charge < -0.3 is 10.2 Å². The molecule has 3 amide bonds. The number of nitrogens with one attached hydrogen (secondary N) is 2. The summed E-state index contributed by atoms with van der Waals surface area (Å²) in [5.41, 5.74) is 2.38. The number of halogens is 1. The van der Waals surface area contributed by atoms with Crippen molar-refractivity contribution in [1.29, 1.82) is 0 Å². The maximum atomic E-state index is 13.8. The highest BCUT2D eigenvalue weighted by atomic mass is 32.1. The maximum Gasteiger partial charge on any atom is 0.324 e. The van der Waals surface area contributed by atoms with Gasteiger partial charge in [0.05, 0.1) is 12.5 Å². The summed E-state index contributed by atoms with van der Waals surface area (Å²) in [6.07, 6.45) is 2.44. The van der Waals surface area contributed by atoms with Crippen molar-refractivity contribution in [2.45, 2.75) is 25.8 Å². The Morgan fingerprint density at radius 3 is 2.87 bits per heavy atom. The number of aryl methyl sites for hydroxylation is 1. The minimum atomic E-state index is -0.348. The number of nitrogens with zero attached hydrogens (tertiary/aromatic N) is 2. The lowest BCUT2D eigenvalue weighted by Crippen LogP contribution is -2.39. The average molecular weight is 439 g/mol. The molecule has 160 valence electrons. The van der Waals surface area contributed by atoms with Gasteiger partial charge in [-0.05, 0) is 29.7 Å². The molecule has 0 radical (unpaired) electrons. The van der Waals surface area contributed by atoms with E-state index < -0.39 is 0 Å². The lowest BCUT2D eigenvalue weighted by molar-refractivity contribution is -0.121. The van der Waals surface area contributed by atoms with Gasteiger partial charge in [0.15, 0.2) is 5.13 Å². The predicted octanol–water partition coefficient (Wildman–Crippen LogP) is 4.28. The first-order valence-corrected chi connectivity index (χ1v) is 10.9. The van der Waals surface area contributed by atoms with Crippen molar-refractivity contribution in [2.24, 2.45) is 0 Å². The van der Waals surface area contributed by atoms with Crippen LogP contribution in [0.4, 0.5) is 14.3 Å². The molecule has 6 nitrogen and oxygen atoms in total. The van der Waals surface area contributed by atoms with Gasteiger partial charge in [0.25, 0.3) is 0 Å². The molecule has 0 saturated carbocycles. The maximum absolute atomic E-state index is 13.8. The third kappa shape index (κ3) is 5.08. The lowest BCUT2D eigenvalue weighted by atomic mass is 10.0. The van der Waals surface area contributed by atoms with Crippen LogP contribution >= 0.6 is 11.3 Å². The third-order valence-corrected chi connectivity index (χ3v) is 6.17. The Labute approximate surface area is 184 Å². The Kier molecular flexibility index (Phi) is 6.27. The summed E-state index contributed by atoms with van der Waals surface area (Å²) in [5.74, 6) is -0.308. The fraction of sp³-hybridized carbons (Fsp3) is 0.261. The number of urea groups is 1. The zero-order valence-corrected chi connectivity index (χ0v) is 17.9. The number of hydrogen-bond donors (Lipinski definition) is 2. The summed E-state index contributed by atoms with van der Waals surface area (Å²) in [6, 6.07) is 14.1. The summed E-state index contributed by atoms with van der Waals surface area (Å²) < 4.78 is 13.8. The summed E-state index contributed by atoms with van der Waals surface area (Å²) in [4.78, 5) is 32.1.